The number of carbonyl (C=O) groups is 1. The monoisotopic (exact) mass is 504 g/mol. The van der Waals surface area contributed by atoms with E-state index in [-0.39, 0.29) is 11.9 Å². The number of nitrogens with zero attached hydrogens (tertiary/aromatic N) is 2. The van der Waals surface area contributed by atoms with Gasteiger partial charge in [-0.1, -0.05) is 81.0 Å². The van der Waals surface area contributed by atoms with E-state index in [1.54, 1.807) is 0 Å². The van der Waals surface area contributed by atoms with Gasteiger partial charge in [0, 0.05) is 32.6 Å². The number of carbonyl (C=O) groups excluding carboxylic acids is 1. The molecule has 37 heavy (non-hydrogen) atoms. The van der Waals surface area contributed by atoms with Crippen molar-refractivity contribution in [2.45, 2.75) is 88.8 Å². The van der Waals surface area contributed by atoms with E-state index in [1.807, 2.05) is 0 Å². The Bertz CT molecular complexity index is 1050. The summed E-state index contributed by atoms with van der Waals surface area (Å²) in [6, 6.07) is 15.8. The normalized spacial score (nSPS) is 21.6. The molecule has 0 bridgehead atoms. The van der Waals surface area contributed by atoms with Crippen molar-refractivity contribution >= 4 is 22.6 Å². The average molecular weight is 505 g/mol. The molecule has 1 heterocycles. The molecule has 0 spiro atoms. The van der Waals surface area contributed by atoms with E-state index in [0.29, 0.717) is 18.5 Å². The quantitative estimate of drug-likeness (QED) is 0.418. The SMILES string of the molecule is CN1CCN(C(=O)[C@H](Cc2ccc3ccccc3c2)NC(NC2CCCCC2)=[NH+]C2CCCCC2)CC1. The Morgan fingerprint density at radius 1 is 0.892 bits per heavy atom. The van der Waals surface area contributed by atoms with Crippen LogP contribution >= 0.6 is 0 Å². The molecule has 3 aliphatic rings. The molecule has 2 saturated carbocycles. The van der Waals surface area contributed by atoms with Crippen LogP contribution in [0.15, 0.2) is 42.5 Å². The zero-order valence-corrected chi connectivity index (χ0v) is 22.7. The Kier molecular flexibility index (Phi) is 8.98. The molecular formula is C31H46N5O+. The second kappa shape index (κ2) is 12.8. The van der Waals surface area contributed by atoms with Gasteiger partial charge in [0.15, 0.2) is 6.04 Å². The molecule has 1 atom stereocenters. The van der Waals surface area contributed by atoms with Gasteiger partial charge in [-0.2, -0.15) is 0 Å². The Hall–Kier alpha value is -2.60. The zero-order chi connectivity index (χ0) is 25.5. The van der Waals surface area contributed by atoms with E-state index < -0.39 is 0 Å². The predicted molar refractivity (Wildman–Crippen MR) is 152 cm³/mol. The fourth-order valence-electron chi connectivity index (χ4n) is 6.25. The van der Waals surface area contributed by atoms with Gasteiger partial charge in [-0.15, -0.1) is 0 Å². The van der Waals surface area contributed by atoms with Crippen LogP contribution in [0.4, 0.5) is 0 Å². The van der Waals surface area contributed by atoms with Crippen LogP contribution in [0.2, 0.25) is 0 Å². The summed E-state index contributed by atoms with van der Waals surface area (Å²) < 4.78 is 0. The second-order valence-corrected chi connectivity index (χ2v) is 11.5. The van der Waals surface area contributed by atoms with E-state index in [0.717, 1.165) is 32.1 Å². The lowest BCUT2D eigenvalue weighted by Crippen LogP contribution is -2.86. The van der Waals surface area contributed by atoms with Crippen LogP contribution in [0.5, 0.6) is 0 Å². The molecule has 3 fully saturated rings. The minimum atomic E-state index is -0.299. The Morgan fingerprint density at radius 3 is 2.30 bits per heavy atom. The molecule has 2 aromatic carbocycles. The van der Waals surface area contributed by atoms with Crippen LogP contribution in [0.3, 0.4) is 0 Å². The number of nitrogens with one attached hydrogen (secondary N) is 3. The number of benzene rings is 2. The second-order valence-electron chi connectivity index (χ2n) is 11.5. The molecule has 0 aromatic heterocycles. The van der Waals surface area contributed by atoms with Crippen LogP contribution in [0, 0.1) is 0 Å². The van der Waals surface area contributed by atoms with Crippen LogP contribution < -0.4 is 15.6 Å². The number of likely N-dealkylation sites (N-methyl/N-ethyl adjacent to an activating group) is 1. The number of hydrogen-bond acceptors (Lipinski definition) is 2. The van der Waals surface area contributed by atoms with E-state index in [9.17, 15) is 4.79 Å². The summed E-state index contributed by atoms with van der Waals surface area (Å²) in [4.78, 5) is 22.2. The van der Waals surface area contributed by atoms with Crippen molar-refractivity contribution in [2.75, 3.05) is 33.2 Å². The number of amides is 1. The Balaban J connectivity index is 1.39. The molecule has 2 aromatic rings. The van der Waals surface area contributed by atoms with Crippen molar-refractivity contribution in [1.82, 2.24) is 20.4 Å². The summed E-state index contributed by atoms with van der Waals surface area (Å²) in [7, 11) is 2.14. The van der Waals surface area contributed by atoms with Gasteiger partial charge in [-0.05, 0) is 49.1 Å². The molecular weight excluding hydrogens is 458 g/mol. The maximum Gasteiger partial charge on any atom is 0.344 e. The highest BCUT2D eigenvalue weighted by Gasteiger charge is 2.32. The Labute approximate surface area is 222 Å². The third kappa shape index (κ3) is 7.25. The van der Waals surface area contributed by atoms with Crippen LogP contribution in [0.1, 0.15) is 69.8 Å². The fourth-order valence-corrected chi connectivity index (χ4v) is 6.25. The molecule has 6 heteroatoms. The van der Waals surface area contributed by atoms with Crippen molar-refractivity contribution in [3.8, 4) is 0 Å². The minimum absolute atomic E-state index is 0.217. The van der Waals surface area contributed by atoms with Gasteiger partial charge >= 0.3 is 5.96 Å². The molecule has 5 rings (SSSR count). The van der Waals surface area contributed by atoms with Crippen LogP contribution in [-0.4, -0.2) is 73.0 Å². The van der Waals surface area contributed by atoms with Gasteiger partial charge < -0.3 is 9.80 Å². The van der Waals surface area contributed by atoms with E-state index in [2.05, 4.69) is 74.9 Å². The van der Waals surface area contributed by atoms with Crippen LogP contribution in [0.25, 0.3) is 10.8 Å². The maximum atomic E-state index is 14.0. The summed E-state index contributed by atoms with van der Waals surface area (Å²) in [6.07, 6.45) is 13.3. The first-order valence-corrected chi connectivity index (χ1v) is 14.8. The van der Waals surface area contributed by atoms with Crippen molar-refractivity contribution in [3.63, 3.8) is 0 Å². The number of guanidine groups is 1. The summed E-state index contributed by atoms with van der Waals surface area (Å²) >= 11 is 0. The molecule has 0 radical (unpaired) electrons. The number of hydrogen-bond donors (Lipinski definition) is 3. The molecule has 0 unspecified atom stereocenters. The van der Waals surface area contributed by atoms with Gasteiger partial charge in [0.1, 0.15) is 0 Å². The smallest absolute Gasteiger partial charge is 0.337 e. The Morgan fingerprint density at radius 2 is 1.57 bits per heavy atom. The first kappa shape index (κ1) is 26.0. The minimum Gasteiger partial charge on any atom is -0.337 e. The lowest BCUT2D eigenvalue weighted by molar-refractivity contribution is -0.512. The van der Waals surface area contributed by atoms with Crippen molar-refractivity contribution < 1.29 is 9.79 Å². The highest BCUT2D eigenvalue weighted by atomic mass is 16.2. The number of fused-ring (bicyclic) bond motifs is 1. The first-order valence-electron chi connectivity index (χ1n) is 14.8. The van der Waals surface area contributed by atoms with Crippen molar-refractivity contribution in [2.24, 2.45) is 0 Å². The van der Waals surface area contributed by atoms with E-state index >= 15 is 0 Å². The fraction of sp³-hybridized carbons (Fsp3) is 0.613. The summed E-state index contributed by atoms with van der Waals surface area (Å²) in [5, 5.41) is 10.0. The highest BCUT2D eigenvalue weighted by molar-refractivity contribution is 5.88. The molecule has 3 N–H and O–H groups in total. The lowest BCUT2D eigenvalue weighted by Gasteiger charge is -2.34. The molecule has 2 aliphatic carbocycles. The highest BCUT2D eigenvalue weighted by Crippen LogP contribution is 2.19. The van der Waals surface area contributed by atoms with Crippen molar-refractivity contribution in [3.05, 3.63) is 48.0 Å². The lowest BCUT2D eigenvalue weighted by atomic mass is 9.95. The van der Waals surface area contributed by atoms with E-state index in [4.69, 9.17) is 0 Å². The summed E-state index contributed by atoms with van der Waals surface area (Å²) in [5.74, 6) is 1.20. The van der Waals surface area contributed by atoms with E-state index in [1.165, 1.54) is 80.5 Å². The number of rotatable bonds is 6. The molecule has 200 valence electrons. The van der Waals surface area contributed by atoms with Gasteiger partial charge in [0.2, 0.25) is 0 Å². The van der Waals surface area contributed by atoms with Gasteiger partial charge in [-0.3, -0.25) is 20.4 Å². The predicted octanol–water partition coefficient (Wildman–Crippen LogP) is 2.81. The van der Waals surface area contributed by atoms with Gasteiger partial charge in [-0.25, -0.2) is 0 Å². The molecule has 1 amide bonds. The maximum absolute atomic E-state index is 14.0. The first-order chi connectivity index (χ1) is 18.1. The number of piperazine rings is 1. The summed E-state index contributed by atoms with van der Waals surface area (Å²) in [6.45, 7) is 3.47. The molecule has 1 aliphatic heterocycles. The van der Waals surface area contributed by atoms with Gasteiger partial charge in [0.05, 0.1) is 12.1 Å². The third-order valence-electron chi connectivity index (χ3n) is 8.59. The van der Waals surface area contributed by atoms with Crippen molar-refractivity contribution in [1.29, 1.82) is 0 Å². The van der Waals surface area contributed by atoms with Crippen LogP contribution in [-0.2, 0) is 11.2 Å². The molecule has 6 nitrogen and oxygen atoms in total. The third-order valence-corrected chi connectivity index (χ3v) is 8.59. The topological polar surface area (TPSA) is 61.6 Å². The zero-order valence-electron chi connectivity index (χ0n) is 22.7. The largest absolute Gasteiger partial charge is 0.344 e. The molecule has 1 saturated heterocycles. The average Bonchev–Trinajstić information content (AvgIpc) is 2.94. The van der Waals surface area contributed by atoms with Gasteiger partial charge in [0.25, 0.3) is 5.91 Å². The standard InChI is InChI=1S/C31H45N5O/c1-35-18-20-36(21-19-35)30(37)29(23-24-16-17-25-10-8-9-11-26(25)22-24)34-31(32-27-12-4-2-5-13-27)33-28-14-6-3-7-15-28/h8-11,16-17,22,27-29H,2-7,12-15,18-21,23H2,1H3,(H2,32,33,34)/p+1/t29-/m0/s1. The summed E-state index contributed by atoms with van der Waals surface area (Å²) in [5.41, 5.74) is 1.20.